The third-order valence-electron chi connectivity index (χ3n) is 4.19. The van der Waals surface area contributed by atoms with Gasteiger partial charge in [-0.2, -0.15) is 4.68 Å². The highest BCUT2D eigenvalue weighted by atomic mass is 32.2. The molecule has 0 spiro atoms. The normalized spacial score (nSPS) is 12.1. The fourth-order valence-electron chi connectivity index (χ4n) is 2.70. The van der Waals surface area contributed by atoms with Crippen LogP contribution in [0.2, 0.25) is 0 Å². The van der Waals surface area contributed by atoms with Gasteiger partial charge in [-0.15, -0.1) is 5.10 Å². The smallest absolute Gasteiger partial charge is 0.323 e. The fourth-order valence-corrected chi connectivity index (χ4v) is 3.51. The van der Waals surface area contributed by atoms with E-state index in [0.717, 1.165) is 11.4 Å². The van der Waals surface area contributed by atoms with Crippen molar-refractivity contribution in [3.05, 3.63) is 52.9 Å². The molecule has 4 aromatic rings. The minimum absolute atomic E-state index is 0.212. The third-order valence-corrected chi connectivity index (χ3v) is 5.23. The van der Waals surface area contributed by atoms with E-state index < -0.39 is 5.25 Å². The van der Waals surface area contributed by atoms with Crippen LogP contribution in [0.15, 0.2) is 52.4 Å². The number of rotatable bonds is 6. The highest BCUT2D eigenvalue weighted by molar-refractivity contribution is 8.00. The molecule has 3 N–H and O–H groups in total. The number of tetrazole rings is 1. The molecule has 2 aromatic carbocycles. The molecular weight excluding hydrogens is 394 g/mol. The largest absolute Gasteiger partial charge is 0.497 e. The van der Waals surface area contributed by atoms with Crippen molar-refractivity contribution in [3.8, 4) is 11.4 Å². The Hall–Kier alpha value is -3.60. The number of methoxy groups -OCH3 is 1. The Balaban J connectivity index is 1.47. The standard InChI is InChI=1S/C18H17N7O3S/c1-10(16(26)19-11-3-8-14-15(9-11)21-17(27)20-14)29-18-22-23-24-25(18)12-4-6-13(28-2)7-5-12/h3-10H,1-2H3,(H,19,26)(H2,20,21,27). The number of anilines is 1. The van der Waals surface area contributed by atoms with Crippen molar-refractivity contribution < 1.29 is 9.53 Å². The van der Waals surface area contributed by atoms with Gasteiger partial charge >= 0.3 is 5.69 Å². The molecule has 10 nitrogen and oxygen atoms in total. The second-order valence-electron chi connectivity index (χ2n) is 6.16. The molecule has 0 aliphatic heterocycles. The lowest BCUT2D eigenvalue weighted by Gasteiger charge is -2.12. The monoisotopic (exact) mass is 411 g/mol. The third kappa shape index (κ3) is 3.99. The van der Waals surface area contributed by atoms with Gasteiger partial charge in [0.25, 0.3) is 0 Å². The minimum atomic E-state index is -0.459. The quantitative estimate of drug-likeness (QED) is 0.413. The number of carbonyl (C=O) groups excluding carboxylic acids is 1. The molecular formula is C18H17N7O3S. The molecule has 1 unspecified atom stereocenters. The van der Waals surface area contributed by atoms with Gasteiger partial charge in [-0.3, -0.25) is 4.79 Å². The zero-order valence-electron chi connectivity index (χ0n) is 15.5. The first-order valence-corrected chi connectivity index (χ1v) is 9.54. The molecule has 1 atom stereocenters. The molecule has 0 saturated carbocycles. The maximum atomic E-state index is 12.6. The van der Waals surface area contributed by atoms with E-state index in [-0.39, 0.29) is 11.6 Å². The first-order valence-electron chi connectivity index (χ1n) is 8.66. The molecule has 11 heteroatoms. The first kappa shape index (κ1) is 18.7. The molecule has 0 bridgehead atoms. The average molecular weight is 411 g/mol. The summed E-state index contributed by atoms with van der Waals surface area (Å²) < 4.78 is 6.72. The predicted molar refractivity (Wildman–Crippen MR) is 109 cm³/mol. The van der Waals surface area contributed by atoms with Crippen molar-refractivity contribution in [2.45, 2.75) is 17.3 Å². The highest BCUT2D eigenvalue weighted by Gasteiger charge is 2.19. The molecule has 0 aliphatic rings. The van der Waals surface area contributed by atoms with Gasteiger partial charge in [0.2, 0.25) is 11.1 Å². The molecule has 0 saturated heterocycles. The van der Waals surface area contributed by atoms with Crippen LogP contribution in [0, 0.1) is 0 Å². The summed E-state index contributed by atoms with van der Waals surface area (Å²) in [7, 11) is 1.60. The number of benzene rings is 2. The Morgan fingerprint density at radius 2 is 1.93 bits per heavy atom. The number of imidazole rings is 1. The second-order valence-corrected chi connectivity index (χ2v) is 7.47. The average Bonchev–Trinajstić information content (AvgIpc) is 3.33. The van der Waals surface area contributed by atoms with Gasteiger partial charge in [-0.25, -0.2) is 4.79 Å². The summed E-state index contributed by atoms with van der Waals surface area (Å²) in [6.07, 6.45) is 0. The van der Waals surface area contributed by atoms with Gasteiger partial charge in [0.05, 0.1) is 29.1 Å². The van der Waals surface area contributed by atoms with Crippen LogP contribution in [0.3, 0.4) is 0 Å². The number of amides is 1. The van der Waals surface area contributed by atoms with E-state index >= 15 is 0 Å². The fraction of sp³-hybridized carbons (Fsp3) is 0.167. The number of nitrogens with one attached hydrogen (secondary N) is 3. The lowest BCUT2D eigenvalue weighted by Crippen LogP contribution is -2.22. The lowest BCUT2D eigenvalue weighted by molar-refractivity contribution is -0.115. The van der Waals surface area contributed by atoms with Gasteiger partial charge in [0, 0.05) is 5.69 Å². The summed E-state index contributed by atoms with van der Waals surface area (Å²) in [5, 5.41) is 14.6. The number of H-pyrrole nitrogens is 2. The number of nitrogens with zero attached hydrogens (tertiary/aromatic N) is 4. The Kier molecular flexibility index (Phi) is 5.04. The molecule has 0 aliphatic carbocycles. The number of ether oxygens (including phenoxy) is 1. The predicted octanol–water partition coefficient (Wildman–Crippen LogP) is 1.96. The van der Waals surface area contributed by atoms with Crippen LogP contribution >= 0.6 is 11.8 Å². The van der Waals surface area contributed by atoms with Gasteiger partial charge in [0.1, 0.15) is 5.75 Å². The van der Waals surface area contributed by atoms with Gasteiger partial charge in [-0.05, 0) is 59.8 Å². The molecule has 2 aromatic heterocycles. The summed E-state index contributed by atoms with van der Waals surface area (Å²) >= 11 is 1.24. The van der Waals surface area contributed by atoms with Crippen LogP contribution in [0.4, 0.5) is 5.69 Å². The summed E-state index contributed by atoms with van der Waals surface area (Å²) in [5.74, 6) is 0.515. The Morgan fingerprint density at radius 3 is 2.69 bits per heavy atom. The number of thioether (sulfide) groups is 1. The number of hydrogen-bond acceptors (Lipinski definition) is 7. The van der Waals surface area contributed by atoms with Crippen molar-refractivity contribution in [2.75, 3.05) is 12.4 Å². The number of aromatic amines is 2. The van der Waals surface area contributed by atoms with Crippen LogP contribution in [-0.4, -0.2) is 48.4 Å². The second kappa shape index (κ2) is 7.80. The van der Waals surface area contributed by atoms with Crippen LogP contribution in [0.5, 0.6) is 5.75 Å². The van der Waals surface area contributed by atoms with E-state index in [9.17, 15) is 9.59 Å². The molecule has 148 valence electrons. The van der Waals surface area contributed by atoms with Crippen LogP contribution < -0.4 is 15.7 Å². The zero-order chi connectivity index (χ0) is 20.4. The van der Waals surface area contributed by atoms with Crippen molar-refractivity contribution in [1.29, 1.82) is 0 Å². The molecule has 2 heterocycles. The number of aromatic nitrogens is 6. The molecule has 1 amide bonds. The maximum Gasteiger partial charge on any atom is 0.323 e. The van der Waals surface area contributed by atoms with Crippen molar-refractivity contribution in [1.82, 2.24) is 30.2 Å². The molecule has 29 heavy (non-hydrogen) atoms. The van der Waals surface area contributed by atoms with Gasteiger partial charge in [0.15, 0.2) is 0 Å². The topological polar surface area (TPSA) is 131 Å². The van der Waals surface area contributed by atoms with Gasteiger partial charge < -0.3 is 20.0 Å². The van der Waals surface area contributed by atoms with Crippen LogP contribution in [0.25, 0.3) is 16.7 Å². The molecule has 0 radical (unpaired) electrons. The van der Waals surface area contributed by atoms with E-state index in [1.807, 2.05) is 24.3 Å². The highest BCUT2D eigenvalue weighted by Crippen LogP contribution is 2.25. The van der Waals surface area contributed by atoms with E-state index in [4.69, 9.17) is 4.74 Å². The van der Waals surface area contributed by atoms with Crippen LogP contribution in [-0.2, 0) is 4.79 Å². The van der Waals surface area contributed by atoms with Crippen molar-refractivity contribution in [3.63, 3.8) is 0 Å². The Morgan fingerprint density at radius 1 is 1.17 bits per heavy atom. The number of fused-ring (bicyclic) bond motifs is 1. The summed E-state index contributed by atoms with van der Waals surface area (Å²) in [5.41, 5.74) is 2.34. The maximum absolute atomic E-state index is 12.6. The number of carbonyl (C=O) groups is 1. The van der Waals surface area contributed by atoms with Crippen LogP contribution in [0.1, 0.15) is 6.92 Å². The zero-order valence-corrected chi connectivity index (χ0v) is 16.4. The SMILES string of the molecule is COc1ccc(-n2nnnc2SC(C)C(=O)Nc2ccc3[nH]c(=O)[nH]c3c2)cc1. The Labute approximate surface area is 168 Å². The summed E-state index contributed by atoms with van der Waals surface area (Å²) in [6, 6.07) is 12.4. The van der Waals surface area contributed by atoms with Crippen molar-refractivity contribution in [2.24, 2.45) is 0 Å². The Bertz CT molecular complexity index is 1210. The van der Waals surface area contributed by atoms with Gasteiger partial charge in [-0.1, -0.05) is 11.8 Å². The molecule has 0 fully saturated rings. The summed E-state index contributed by atoms with van der Waals surface area (Å²) in [4.78, 5) is 29.3. The van der Waals surface area contributed by atoms with E-state index in [1.165, 1.54) is 11.8 Å². The number of hydrogen-bond donors (Lipinski definition) is 3. The van der Waals surface area contributed by atoms with E-state index in [0.29, 0.717) is 21.9 Å². The van der Waals surface area contributed by atoms with E-state index in [1.54, 1.807) is 36.9 Å². The van der Waals surface area contributed by atoms with E-state index in [2.05, 4.69) is 30.8 Å². The summed E-state index contributed by atoms with van der Waals surface area (Å²) in [6.45, 7) is 1.77. The lowest BCUT2D eigenvalue weighted by atomic mass is 10.2. The molecule has 4 rings (SSSR count). The van der Waals surface area contributed by atoms with Crippen molar-refractivity contribution >= 4 is 34.4 Å². The minimum Gasteiger partial charge on any atom is -0.497 e. The first-order chi connectivity index (χ1) is 14.0.